The summed E-state index contributed by atoms with van der Waals surface area (Å²) in [7, 11) is 0. The first-order chi connectivity index (χ1) is 12.5. The summed E-state index contributed by atoms with van der Waals surface area (Å²) in [6.07, 6.45) is 5.36. The second-order valence-corrected chi connectivity index (χ2v) is 7.32. The van der Waals surface area contributed by atoms with Crippen molar-refractivity contribution in [3.8, 4) is 17.1 Å². The molecule has 0 bridgehead atoms. The smallest absolute Gasteiger partial charge is 0.267 e. The molecule has 0 fully saturated rings. The van der Waals surface area contributed by atoms with E-state index in [9.17, 15) is 4.79 Å². The highest BCUT2D eigenvalue weighted by Crippen LogP contribution is 2.30. The summed E-state index contributed by atoms with van der Waals surface area (Å²) in [5, 5.41) is 5.28. The number of hydrogen-bond donors (Lipinski definition) is 0. The molecule has 0 atom stereocenters. The van der Waals surface area contributed by atoms with Gasteiger partial charge in [-0.05, 0) is 62.8 Å². The molecular weight excluding hydrogens is 346 g/mol. The fraction of sp³-hybridized carbons (Fsp3) is 0.286. The lowest BCUT2D eigenvalue weighted by atomic mass is 9.88. The molecule has 2 aromatic heterocycles. The van der Waals surface area contributed by atoms with Gasteiger partial charge in [0.05, 0.1) is 10.7 Å². The van der Waals surface area contributed by atoms with E-state index >= 15 is 0 Å². The molecule has 0 spiro atoms. The zero-order valence-corrected chi connectivity index (χ0v) is 15.7. The lowest BCUT2D eigenvalue weighted by Crippen LogP contribution is -2.30. The lowest BCUT2D eigenvalue weighted by Gasteiger charge is -2.21. The lowest BCUT2D eigenvalue weighted by molar-refractivity contribution is 0.649. The van der Waals surface area contributed by atoms with Crippen LogP contribution in [0, 0.1) is 13.8 Å². The summed E-state index contributed by atoms with van der Waals surface area (Å²) < 4.78 is 1.43. The Morgan fingerprint density at radius 3 is 2.50 bits per heavy atom. The number of benzene rings is 1. The standard InChI is InChI=1S/C21H20ClN3O/c1-13-7-9-16(14(2)11-13)20-17-5-3-4-6-18(17)21(26)25(24-20)19-10-8-15(22)12-23-19/h7-12H,3-6H2,1-2H3. The molecule has 0 radical (unpaired) electrons. The summed E-state index contributed by atoms with van der Waals surface area (Å²) in [4.78, 5) is 17.3. The van der Waals surface area contributed by atoms with Crippen molar-refractivity contribution in [3.05, 3.63) is 74.2 Å². The predicted molar refractivity (Wildman–Crippen MR) is 104 cm³/mol. The van der Waals surface area contributed by atoms with Gasteiger partial charge in [0, 0.05) is 17.3 Å². The minimum Gasteiger partial charge on any atom is -0.267 e. The van der Waals surface area contributed by atoms with Crippen molar-refractivity contribution in [1.29, 1.82) is 0 Å². The van der Waals surface area contributed by atoms with Crippen LogP contribution in [0.1, 0.15) is 35.1 Å². The van der Waals surface area contributed by atoms with Gasteiger partial charge in [-0.15, -0.1) is 0 Å². The van der Waals surface area contributed by atoms with E-state index in [0.29, 0.717) is 10.8 Å². The van der Waals surface area contributed by atoms with Gasteiger partial charge in [0.15, 0.2) is 5.82 Å². The van der Waals surface area contributed by atoms with Crippen LogP contribution in [0.3, 0.4) is 0 Å². The monoisotopic (exact) mass is 365 g/mol. The Labute approximate surface area is 157 Å². The zero-order chi connectivity index (χ0) is 18.3. The van der Waals surface area contributed by atoms with E-state index in [1.165, 1.54) is 15.8 Å². The van der Waals surface area contributed by atoms with Gasteiger partial charge in [-0.25, -0.2) is 4.98 Å². The number of aromatic nitrogens is 3. The van der Waals surface area contributed by atoms with Crippen LogP contribution < -0.4 is 5.56 Å². The Morgan fingerprint density at radius 1 is 1.04 bits per heavy atom. The molecule has 4 rings (SSSR count). The molecule has 132 valence electrons. The molecule has 0 aliphatic heterocycles. The molecule has 0 saturated heterocycles. The van der Waals surface area contributed by atoms with Gasteiger partial charge in [0.2, 0.25) is 0 Å². The van der Waals surface area contributed by atoms with Crippen molar-refractivity contribution < 1.29 is 0 Å². The fourth-order valence-electron chi connectivity index (χ4n) is 3.68. The van der Waals surface area contributed by atoms with Crippen molar-refractivity contribution in [1.82, 2.24) is 14.8 Å². The van der Waals surface area contributed by atoms with Gasteiger partial charge in [0.25, 0.3) is 5.56 Å². The molecule has 26 heavy (non-hydrogen) atoms. The Balaban J connectivity index is 2.00. The van der Waals surface area contributed by atoms with E-state index in [1.54, 1.807) is 18.3 Å². The summed E-state index contributed by atoms with van der Waals surface area (Å²) in [5.41, 5.74) is 6.26. The normalized spacial score (nSPS) is 13.5. The first-order valence-electron chi connectivity index (χ1n) is 8.89. The average Bonchev–Trinajstić information content (AvgIpc) is 2.64. The van der Waals surface area contributed by atoms with E-state index < -0.39 is 0 Å². The van der Waals surface area contributed by atoms with Crippen molar-refractivity contribution in [2.45, 2.75) is 39.5 Å². The second-order valence-electron chi connectivity index (χ2n) is 6.88. The highest BCUT2D eigenvalue weighted by molar-refractivity contribution is 6.30. The highest BCUT2D eigenvalue weighted by Gasteiger charge is 2.22. The third-order valence-electron chi connectivity index (χ3n) is 4.97. The Hall–Kier alpha value is -2.46. The molecule has 0 N–H and O–H groups in total. The number of halogens is 1. The maximum absolute atomic E-state index is 13.0. The summed E-state index contributed by atoms with van der Waals surface area (Å²) in [6, 6.07) is 9.81. The molecule has 0 saturated carbocycles. The van der Waals surface area contributed by atoms with Crippen LogP contribution in [-0.2, 0) is 12.8 Å². The maximum atomic E-state index is 13.0. The van der Waals surface area contributed by atoms with Crippen LogP contribution >= 0.6 is 11.6 Å². The van der Waals surface area contributed by atoms with E-state index in [4.69, 9.17) is 16.7 Å². The fourth-order valence-corrected chi connectivity index (χ4v) is 3.79. The zero-order valence-electron chi connectivity index (χ0n) is 14.9. The number of nitrogens with zero attached hydrogens (tertiary/aromatic N) is 3. The molecular formula is C21H20ClN3O. The number of fused-ring (bicyclic) bond motifs is 1. The molecule has 0 unspecified atom stereocenters. The van der Waals surface area contributed by atoms with Crippen molar-refractivity contribution in [2.75, 3.05) is 0 Å². The van der Waals surface area contributed by atoms with Gasteiger partial charge in [-0.2, -0.15) is 9.78 Å². The van der Waals surface area contributed by atoms with Crippen LogP contribution in [0.2, 0.25) is 5.02 Å². The highest BCUT2D eigenvalue weighted by atomic mass is 35.5. The predicted octanol–water partition coefficient (Wildman–Crippen LogP) is 4.44. The largest absolute Gasteiger partial charge is 0.276 e. The van der Waals surface area contributed by atoms with Crippen LogP contribution in [0.5, 0.6) is 0 Å². The first kappa shape index (κ1) is 17.0. The number of hydrogen-bond acceptors (Lipinski definition) is 3. The van der Waals surface area contributed by atoms with Gasteiger partial charge >= 0.3 is 0 Å². The maximum Gasteiger partial charge on any atom is 0.276 e. The third kappa shape index (κ3) is 2.95. The van der Waals surface area contributed by atoms with Crippen molar-refractivity contribution >= 4 is 11.6 Å². The Bertz CT molecular complexity index is 1040. The molecule has 0 amide bonds. The van der Waals surface area contributed by atoms with E-state index in [0.717, 1.165) is 48.1 Å². The van der Waals surface area contributed by atoms with E-state index in [2.05, 4.69) is 37.0 Å². The second kappa shape index (κ2) is 6.69. The van der Waals surface area contributed by atoms with Gasteiger partial charge in [0.1, 0.15) is 0 Å². The molecule has 1 aliphatic rings. The van der Waals surface area contributed by atoms with Crippen LogP contribution in [0.15, 0.2) is 41.3 Å². The Morgan fingerprint density at radius 2 is 1.81 bits per heavy atom. The molecule has 3 aromatic rings. The van der Waals surface area contributed by atoms with E-state index in [1.807, 2.05) is 0 Å². The first-order valence-corrected chi connectivity index (χ1v) is 9.27. The van der Waals surface area contributed by atoms with Crippen LogP contribution in [0.25, 0.3) is 17.1 Å². The number of pyridine rings is 1. The average molecular weight is 366 g/mol. The number of aryl methyl sites for hydroxylation is 2. The summed E-state index contributed by atoms with van der Waals surface area (Å²) in [5.74, 6) is 0.499. The molecule has 2 heterocycles. The molecule has 4 nitrogen and oxygen atoms in total. The van der Waals surface area contributed by atoms with Gasteiger partial charge < -0.3 is 0 Å². The van der Waals surface area contributed by atoms with Gasteiger partial charge in [-0.3, -0.25) is 4.79 Å². The molecule has 1 aliphatic carbocycles. The molecule has 5 heteroatoms. The third-order valence-corrected chi connectivity index (χ3v) is 5.19. The SMILES string of the molecule is Cc1ccc(-c2nn(-c3ccc(Cl)cn3)c(=O)c3c2CCCC3)c(C)c1. The summed E-state index contributed by atoms with van der Waals surface area (Å²) in [6.45, 7) is 4.17. The quantitative estimate of drug-likeness (QED) is 0.674. The topological polar surface area (TPSA) is 47.8 Å². The van der Waals surface area contributed by atoms with Crippen molar-refractivity contribution in [2.24, 2.45) is 0 Å². The molecule has 1 aromatic carbocycles. The van der Waals surface area contributed by atoms with Gasteiger partial charge in [-0.1, -0.05) is 35.4 Å². The van der Waals surface area contributed by atoms with Crippen LogP contribution in [0.4, 0.5) is 0 Å². The summed E-state index contributed by atoms with van der Waals surface area (Å²) >= 11 is 5.95. The minimum atomic E-state index is -0.0666. The van der Waals surface area contributed by atoms with E-state index in [-0.39, 0.29) is 5.56 Å². The minimum absolute atomic E-state index is 0.0666. The van der Waals surface area contributed by atoms with Crippen molar-refractivity contribution in [3.63, 3.8) is 0 Å². The van der Waals surface area contributed by atoms with Crippen LogP contribution in [-0.4, -0.2) is 14.8 Å². The number of rotatable bonds is 2. The Kier molecular flexibility index (Phi) is 4.37.